The molecule has 1 aromatic carbocycles. The van der Waals surface area contributed by atoms with Crippen LogP contribution in [-0.2, 0) is 25.6 Å². The van der Waals surface area contributed by atoms with Gasteiger partial charge in [-0.3, -0.25) is 14.4 Å². The molecule has 10 heteroatoms. The van der Waals surface area contributed by atoms with E-state index in [-0.39, 0.29) is 24.3 Å². The van der Waals surface area contributed by atoms with Gasteiger partial charge < -0.3 is 26.4 Å². The SMILES string of the molecule is CCC(C)C(NC(=O)C(CCSC)NC(=O)C(Cc1ccccc1)NC(=O)C1CCCN1)C(=O)O. The molecule has 194 valence electrons. The molecular formula is C25H38N4O5S. The molecule has 1 aliphatic heterocycles. The second-order valence-electron chi connectivity index (χ2n) is 8.95. The zero-order chi connectivity index (χ0) is 25.8. The molecule has 5 unspecified atom stereocenters. The predicted octanol–water partition coefficient (Wildman–Crippen LogP) is 1.32. The lowest BCUT2D eigenvalue weighted by Gasteiger charge is -2.26. The molecule has 9 nitrogen and oxygen atoms in total. The van der Waals surface area contributed by atoms with E-state index in [1.807, 2.05) is 43.5 Å². The summed E-state index contributed by atoms with van der Waals surface area (Å²) in [7, 11) is 0. The Morgan fingerprint density at radius 3 is 2.34 bits per heavy atom. The zero-order valence-corrected chi connectivity index (χ0v) is 21.5. The van der Waals surface area contributed by atoms with Gasteiger partial charge in [0.2, 0.25) is 17.7 Å². The Kier molecular flexibility index (Phi) is 12.1. The second kappa shape index (κ2) is 14.7. The Bertz CT molecular complexity index is 848. The predicted molar refractivity (Wildman–Crippen MR) is 137 cm³/mol. The van der Waals surface area contributed by atoms with E-state index in [1.165, 1.54) is 11.8 Å². The number of carbonyl (C=O) groups excluding carboxylic acids is 3. The highest BCUT2D eigenvalue weighted by molar-refractivity contribution is 7.98. The molecule has 1 aromatic rings. The van der Waals surface area contributed by atoms with Gasteiger partial charge in [-0.1, -0.05) is 50.6 Å². The Balaban J connectivity index is 2.17. The van der Waals surface area contributed by atoms with E-state index in [0.717, 1.165) is 18.5 Å². The molecule has 0 bridgehead atoms. The van der Waals surface area contributed by atoms with Crippen LogP contribution in [-0.4, -0.2) is 71.5 Å². The number of benzene rings is 1. The maximum absolute atomic E-state index is 13.3. The van der Waals surface area contributed by atoms with E-state index in [2.05, 4.69) is 21.3 Å². The number of thioether (sulfide) groups is 1. The van der Waals surface area contributed by atoms with Crippen molar-refractivity contribution in [3.8, 4) is 0 Å². The summed E-state index contributed by atoms with van der Waals surface area (Å²) in [6, 6.07) is 6.17. The summed E-state index contributed by atoms with van der Waals surface area (Å²) in [4.78, 5) is 50.8. The van der Waals surface area contributed by atoms with Gasteiger partial charge >= 0.3 is 5.97 Å². The molecule has 0 spiro atoms. The molecule has 5 N–H and O–H groups in total. The first-order valence-electron chi connectivity index (χ1n) is 12.2. The van der Waals surface area contributed by atoms with Crippen molar-refractivity contribution in [3.63, 3.8) is 0 Å². The Hall–Kier alpha value is -2.59. The van der Waals surface area contributed by atoms with Crippen molar-refractivity contribution in [1.29, 1.82) is 0 Å². The van der Waals surface area contributed by atoms with E-state index in [1.54, 1.807) is 6.92 Å². The number of rotatable bonds is 14. The average molecular weight is 507 g/mol. The maximum Gasteiger partial charge on any atom is 0.326 e. The van der Waals surface area contributed by atoms with Crippen LogP contribution in [0.25, 0.3) is 0 Å². The average Bonchev–Trinajstić information content (AvgIpc) is 3.39. The first-order chi connectivity index (χ1) is 16.8. The monoisotopic (exact) mass is 506 g/mol. The highest BCUT2D eigenvalue weighted by Gasteiger charge is 2.32. The van der Waals surface area contributed by atoms with Crippen molar-refractivity contribution in [3.05, 3.63) is 35.9 Å². The summed E-state index contributed by atoms with van der Waals surface area (Å²) in [6.45, 7) is 4.37. The van der Waals surface area contributed by atoms with Gasteiger partial charge in [0, 0.05) is 6.42 Å². The van der Waals surface area contributed by atoms with Gasteiger partial charge in [0.25, 0.3) is 0 Å². The van der Waals surface area contributed by atoms with Crippen LogP contribution in [0.4, 0.5) is 0 Å². The first-order valence-corrected chi connectivity index (χ1v) is 13.6. The van der Waals surface area contributed by atoms with Crippen LogP contribution >= 0.6 is 11.8 Å². The van der Waals surface area contributed by atoms with Gasteiger partial charge in [0.05, 0.1) is 6.04 Å². The summed E-state index contributed by atoms with van der Waals surface area (Å²) in [5.41, 5.74) is 0.875. The van der Waals surface area contributed by atoms with Gasteiger partial charge in [-0.15, -0.1) is 0 Å². The largest absolute Gasteiger partial charge is 0.480 e. The lowest BCUT2D eigenvalue weighted by Crippen LogP contribution is -2.58. The van der Waals surface area contributed by atoms with Crippen LogP contribution in [0.15, 0.2) is 30.3 Å². The van der Waals surface area contributed by atoms with E-state index in [4.69, 9.17) is 0 Å². The van der Waals surface area contributed by atoms with Crippen molar-refractivity contribution in [2.24, 2.45) is 5.92 Å². The lowest BCUT2D eigenvalue weighted by molar-refractivity contribution is -0.143. The van der Waals surface area contributed by atoms with Crippen molar-refractivity contribution in [2.45, 2.75) is 70.1 Å². The molecule has 0 saturated carbocycles. The molecule has 2 rings (SSSR count). The molecule has 5 atom stereocenters. The molecule has 1 aliphatic rings. The number of nitrogens with one attached hydrogen (secondary N) is 4. The Labute approximate surface area is 211 Å². The molecule has 35 heavy (non-hydrogen) atoms. The molecule has 0 radical (unpaired) electrons. The third-order valence-corrected chi connectivity index (χ3v) is 6.96. The van der Waals surface area contributed by atoms with Crippen LogP contribution in [0, 0.1) is 5.92 Å². The topological polar surface area (TPSA) is 137 Å². The van der Waals surface area contributed by atoms with E-state index >= 15 is 0 Å². The second-order valence-corrected chi connectivity index (χ2v) is 9.94. The van der Waals surface area contributed by atoms with Crippen LogP contribution in [0.3, 0.4) is 0 Å². The Morgan fingerprint density at radius 2 is 1.77 bits per heavy atom. The molecule has 3 amide bonds. The molecule has 0 aromatic heterocycles. The fourth-order valence-corrected chi connectivity index (χ4v) is 4.42. The smallest absolute Gasteiger partial charge is 0.326 e. The third-order valence-electron chi connectivity index (χ3n) is 6.31. The quantitative estimate of drug-likeness (QED) is 0.257. The normalized spacial score (nSPS) is 18.7. The third kappa shape index (κ3) is 9.18. The molecule has 1 fully saturated rings. The Morgan fingerprint density at radius 1 is 1.09 bits per heavy atom. The minimum absolute atomic E-state index is 0.244. The maximum atomic E-state index is 13.3. The van der Waals surface area contributed by atoms with Crippen molar-refractivity contribution >= 4 is 35.5 Å². The number of aliphatic carboxylic acids is 1. The first kappa shape index (κ1) is 28.6. The zero-order valence-electron chi connectivity index (χ0n) is 20.7. The number of carboxylic acids is 1. The van der Waals surface area contributed by atoms with Crippen LogP contribution in [0.1, 0.15) is 45.1 Å². The van der Waals surface area contributed by atoms with Crippen molar-refractivity contribution < 1.29 is 24.3 Å². The number of carbonyl (C=O) groups is 4. The molecule has 1 saturated heterocycles. The van der Waals surface area contributed by atoms with E-state index in [0.29, 0.717) is 25.0 Å². The van der Waals surface area contributed by atoms with Gasteiger partial charge in [0.1, 0.15) is 18.1 Å². The van der Waals surface area contributed by atoms with Crippen LogP contribution in [0.5, 0.6) is 0 Å². The van der Waals surface area contributed by atoms with Gasteiger partial charge in [-0.2, -0.15) is 11.8 Å². The summed E-state index contributed by atoms with van der Waals surface area (Å²) in [6.07, 6.45) is 4.68. The van der Waals surface area contributed by atoms with Gasteiger partial charge in [-0.05, 0) is 49.3 Å². The standard InChI is InChI=1S/C25H38N4O5S/c1-4-16(2)21(25(33)34)29-23(31)19(12-14-35-3)27-24(32)20(15-17-9-6-5-7-10-17)28-22(30)18-11-8-13-26-18/h5-7,9-10,16,18-21,26H,4,8,11-15H2,1-3H3,(H,27,32)(H,28,30)(H,29,31)(H,33,34). The minimum atomic E-state index is -1.11. The fraction of sp³-hybridized carbons (Fsp3) is 0.600. The minimum Gasteiger partial charge on any atom is -0.480 e. The van der Waals surface area contributed by atoms with Crippen molar-refractivity contribution in [1.82, 2.24) is 21.3 Å². The van der Waals surface area contributed by atoms with Crippen LogP contribution < -0.4 is 21.3 Å². The molecule has 0 aliphatic carbocycles. The summed E-state index contributed by atoms with van der Waals surface area (Å²) >= 11 is 1.52. The molecule has 1 heterocycles. The lowest BCUT2D eigenvalue weighted by atomic mass is 9.98. The number of hydrogen-bond donors (Lipinski definition) is 5. The highest BCUT2D eigenvalue weighted by atomic mass is 32.2. The van der Waals surface area contributed by atoms with E-state index < -0.39 is 35.9 Å². The van der Waals surface area contributed by atoms with Crippen molar-refractivity contribution in [2.75, 3.05) is 18.6 Å². The number of carboxylic acid groups (broad SMARTS) is 1. The summed E-state index contributed by atoms with van der Waals surface area (Å²) in [5, 5.41) is 20.9. The van der Waals surface area contributed by atoms with Crippen LogP contribution in [0.2, 0.25) is 0 Å². The van der Waals surface area contributed by atoms with E-state index in [9.17, 15) is 24.3 Å². The van der Waals surface area contributed by atoms with Gasteiger partial charge in [0.15, 0.2) is 0 Å². The highest BCUT2D eigenvalue weighted by Crippen LogP contribution is 2.11. The number of hydrogen-bond acceptors (Lipinski definition) is 6. The summed E-state index contributed by atoms with van der Waals surface area (Å²) in [5.74, 6) is -2.04. The number of amides is 3. The molecular weight excluding hydrogens is 468 g/mol. The fourth-order valence-electron chi connectivity index (χ4n) is 3.95. The van der Waals surface area contributed by atoms with Gasteiger partial charge in [-0.25, -0.2) is 4.79 Å². The summed E-state index contributed by atoms with van der Waals surface area (Å²) < 4.78 is 0.